The Morgan fingerprint density at radius 1 is 1.23 bits per heavy atom. The Morgan fingerprint density at radius 2 is 2.03 bits per heavy atom. The number of nitrogens with zero attached hydrogens (tertiary/aromatic N) is 2. The molecule has 2 aromatic rings. The van der Waals surface area contributed by atoms with Gasteiger partial charge in [0.05, 0.1) is 12.6 Å². The molecule has 35 heavy (non-hydrogen) atoms. The molecule has 1 aromatic carbocycles. The molecule has 1 saturated carbocycles. The standard InChI is InChI=1S/C27H35ClN2O4S/c1-19-16-21(8-9-23(19)28)34-18-24-22-11-15-35-25(22)10-13-30(24)26(31)17-29(12-5-14-33-2)27(32)20-6-3-4-7-20/h8-9,11,15-16,20,24H,3-7,10,12-14,17-18H2,1-2H3/t24-/m1/s1. The monoisotopic (exact) mass is 518 g/mol. The first-order chi connectivity index (χ1) is 17.0. The molecule has 1 aliphatic carbocycles. The predicted molar refractivity (Wildman–Crippen MR) is 139 cm³/mol. The van der Waals surface area contributed by atoms with Crippen LogP contribution in [-0.4, -0.2) is 61.6 Å². The Morgan fingerprint density at radius 3 is 2.77 bits per heavy atom. The summed E-state index contributed by atoms with van der Waals surface area (Å²) in [4.78, 5) is 31.9. The Kier molecular flexibility index (Phi) is 9.09. The Hall–Kier alpha value is -2.09. The van der Waals surface area contributed by atoms with Crippen LogP contribution in [0.4, 0.5) is 0 Å². The van der Waals surface area contributed by atoms with E-state index in [1.165, 1.54) is 4.88 Å². The van der Waals surface area contributed by atoms with E-state index in [2.05, 4.69) is 11.4 Å². The van der Waals surface area contributed by atoms with Crippen molar-refractivity contribution in [2.75, 3.05) is 40.0 Å². The van der Waals surface area contributed by atoms with Crippen LogP contribution in [0.25, 0.3) is 0 Å². The largest absolute Gasteiger partial charge is 0.491 e. The lowest BCUT2D eigenvalue weighted by Gasteiger charge is -2.37. The van der Waals surface area contributed by atoms with Crippen LogP contribution in [0, 0.1) is 12.8 Å². The first kappa shape index (κ1) is 26.0. The fraction of sp³-hybridized carbons (Fsp3) is 0.556. The van der Waals surface area contributed by atoms with Crippen LogP contribution in [0.3, 0.4) is 0 Å². The van der Waals surface area contributed by atoms with Crippen LogP contribution in [0.5, 0.6) is 5.75 Å². The molecule has 0 saturated heterocycles. The highest BCUT2D eigenvalue weighted by Gasteiger charge is 2.35. The lowest BCUT2D eigenvalue weighted by Crippen LogP contribution is -2.49. The summed E-state index contributed by atoms with van der Waals surface area (Å²) in [6.45, 7) is 4.15. The minimum Gasteiger partial charge on any atom is -0.491 e. The van der Waals surface area contributed by atoms with E-state index in [9.17, 15) is 9.59 Å². The zero-order chi connectivity index (χ0) is 24.8. The summed E-state index contributed by atoms with van der Waals surface area (Å²) in [5, 5.41) is 2.78. The fourth-order valence-corrected chi connectivity index (χ4v) is 6.15. The van der Waals surface area contributed by atoms with Gasteiger partial charge in [-0.3, -0.25) is 9.59 Å². The van der Waals surface area contributed by atoms with Crippen LogP contribution >= 0.6 is 22.9 Å². The average molecular weight is 519 g/mol. The van der Waals surface area contributed by atoms with Gasteiger partial charge in [0.2, 0.25) is 11.8 Å². The maximum atomic E-state index is 13.6. The molecule has 0 radical (unpaired) electrons. The summed E-state index contributed by atoms with van der Waals surface area (Å²) >= 11 is 7.89. The van der Waals surface area contributed by atoms with Gasteiger partial charge >= 0.3 is 0 Å². The third kappa shape index (κ3) is 6.38. The number of carbonyl (C=O) groups is 2. The van der Waals surface area contributed by atoms with E-state index >= 15 is 0 Å². The number of ether oxygens (including phenoxy) is 2. The molecule has 8 heteroatoms. The number of amides is 2. The minimum absolute atomic E-state index is 0.0218. The number of rotatable bonds is 10. The van der Waals surface area contributed by atoms with Crippen LogP contribution in [0.1, 0.15) is 54.1 Å². The van der Waals surface area contributed by atoms with Crippen molar-refractivity contribution in [3.8, 4) is 5.75 Å². The van der Waals surface area contributed by atoms with Crippen molar-refractivity contribution in [3.05, 3.63) is 50.7 Å². The molecule has 1 aliphatic heterocycles. The van der Waals surface area contributed by atoms with Gasteiger partial charge in [-0.1, -0.05) is 24.4 Å². The molecule has 2 heterocycles. The number of aryl methyl sites for hydroxylation is 1. The molecular weight excluding hydrogens is 484 g/mol. The molecule has 2 aliphatic rings. The maximum Gasteiger partial charge on any atom is 0.242 e. The Balaban J connectivity index is 1.48. The number of methoxy groups -OCH3 is 1. The summed E-state index contributed by atoms with van der Waals surface area (Å²) in [5.74, 6) is 0.873. The molecule has 0 unspecified atom stereocenters. The van der Waals surface area contributed by atoms with Crippen molar-refractivity contribution >= 4 is 34.8 Å². The molecule has 1 fully saturated rings. The lowest BCUT2D eigenvalue weighted by molar-refractivity contribution is -0.144. The van der Waals surface area contributed by atoms with Crippen LogP contribution in [-0.2, 0) is 20.7 Å². The highest BCUT2D eigenvalue weighted by atomic mass is 35.5. The van der Waals surface area contributed by atoms with E-state index in [0.717, 1.165) is 55.4 Å². The van der Waals surface area contributed by atoms with Crippen LogP contribution in [0.2, 0.25) is 5.02 Å². The average Bonchev–Trinajstić information content (AvgIpc) is 3.56. The van der Waals surface area contributed by atoms with Gasteiger partial charge < -0.3 is 19.3 Å². The molecule has 0 N–H and O–H groups in total. The second-order valence-electron chi connectivity index (χ2n) is 9.46. The van der Waals surface area contributed by atoms with Crippen LogP contribution < -0.4 is 4.74 Å². The quantitative estimate of drug-likeness (QED) is 0.402. The van der Waals surface area contributed by atoms with Crippen molar-refractivity contribution in [2.24, 2.45) is 5.92 Å². The van der Waals surface area contributed by atoms with Gasteiger partial charge in [0.25, 0.3) is 0 Å². The molecule has 6 nitrogen and oxygen atoms in total. The normalized spacial score (nSPS) is 17.9. The summed E-state index contributed by atoms with van der Waals surface area (Å²) in [7, 11) is 1.66. The van der Waals surface area contributed by atoms with Crippen molar-refractivity contribution in [2.45, 2.75) is 51.5 Å². The fourth-order valence-electron chi connectivity index (χ4n) is 5.11. The minimum atomic E-state index is -0.184. The summed E-state index contributed by atoms with van der Waals surface area (Å²) in [6, 6.07) is 7.52. The number of halogens is 1. The lowest BCUT2D eigenvalue weighted by atomic mass is 10.00. The van der Waals surface area contributed by atoms with Crippen molar-refractivity contribution < 1.29 is 19.1 Å². The van der Waals surface area contributed by atoms with Crippen molar-refractivity contribution in [1.82, 2.24) is 9.80 Å². The Bertz CT molecular complexity index is 1020. The summed E-state index contributed by atoms with van der Waals surface area (Å²) in [5.41, 5.74) is 2.10. The highest BCUT2D eigenvalue weighted by molar-refractivity contribution is 7.10. The van der Waals surface area contributed by atoms with Crippen LogP contribution in [0.15, 0.2) is 29.6 Å². The van der Waals surface area contributed by atoms with Gasteiger partial charge in [-0.05, 0) is 73.4 Å². The summed E-state index contributed by atoms with van der Waals surface area (Å²) in [6.07, 6.45) is 5.58. The number of hydrogen-bond acceptors (Lipinski definition) is 5. The van der Waals surface area contributed by atoms with Crippen molar-refractivity contribution in [3.63, 3.8) is 0 Å². The second-order valence-corrected chi connectivity index (χ2v) is 10.9. The molecule has 2 amide bonds. The number of benzene rings is 1. The molecule has 190 valence electrons. The predicted octanol–water partition coefficient (Wildman–Crippen LogP) is 5.27. The number of thiophene rings is 1. The maximum absolute atomic E-state index is 13.6. The number of hydrogen-bond donors (Lipinski definition) is 0. The van der Waals surface area contributed by atoms with E-state index in [0.29, 0.717) is 31.3 Å². The molecule has 1 atom stereocenters. The van der Waals surface area contributed by atoms with E-state index < -0.39 is 0 Å². The third-order valence-corrected chi connectivity index (χ3v) is 8.49. The zero-order valence-corrected chi connectivity index (χ0v) is 22.2. The first-order valence-corrected chi connectivity index (χ1v) is 13.8. The van der Waals surface area contributed by atoms with Gasteiger partial charge in [0.1, 0.15) is 12.4 Å². The molecule has 0 bridgehead atoms. The highest BCUT2D eigenvalue weighted by Crippen LogP contribution is 2.34. The SMILES string of the molecule is COCCCN(CC(=O)N1CCc2sccc2[C@H]1COc1ccc(Cl)c(C)c1)C(=O)C1CCCC1. The zero-order valence-electron chi connectivity index (χ0n) is 20.6. The number of fused-ring (bicyclic) bond motifs is 1. The smallest absolute Gasteiger partial charge is 0.242 e. The topological polar surface area (TPSA) is 59.1 Å². The number of carbonyl (C=O) groups excluding carboxylic acids is 2. The summed E-state index contributed by atoms with van der Waals surface area (Å²) < 4.78 is 11.4. The second kappa shape index (κ2) is 12.2. The molecule has 1 aromatic heterocycles. The van der Waals surface area contributed by atoms with E-state index in [1.54, 1.807) is 23.3 Å². The van der Waals surface area contributed by atoms with E-state index in [-0.39, 0.29) is 30.3 Å². The van der Waals surface area contributed by atoms with Gasteiger partial charge in [-0.2, -0.15) is 0 Å². The first-order valence-electron chi connectivity index (χ1n) is 12.5. The van der Waals surface area contributed by atoms with Gasteiger partial charge in [0.15, 0.2) is 0 Å². The molecule has 0 spiro atoms. The van der Waals surface area contributed by atoms with Crippen molar-refractivity contribution in [1.29, 1.82) is 0 Å². The molecular formula is C27H35ClN2O4S. The Labute approximate surface area is 217 Å². The molecule has 4 rings (SSSR count). The van der Waals surface area contributed by atoms with Gasteiger partial charge in [-0.15, -0.1) is 11.3 Å². The van der Waals surface area contributed by atoms with Gasteiger partial charge in [-0.25, -0.2) is 0 Å². The third-order valence-electron chi connectivity index (χ3n) is 7.07. The van der Waals surface area contributed by atoms with Gasteiger partial charge in [0, 0.05) is 42.6 Å². The van der Waals surface area contributed by atoms with E-state index in [1.807, 2.05) is 30.0 Å². The van der Waals surface area contributed by atoms with E-state index in [4.69, 9.17) is 21.1 Å².